The van der Waals surface area contributed by atoms with Crippen molar-refractivity contribution in [1.29, 1.82) is 0 Å². The molecule has 2 aromatic heterocycles. The van der Waals surface area contributed by atoms with Crippen LogP contribution in [0.1, 0.15) is 22.3 Å². The maximum Gasteiger partial charge on any atom is 0.161 e. The van der Waals surface area contributed by atoms with Crippen molar-refractivity contribution >= 4 is 50.0 Å². The van der Waals surface area contributed by atoms with Crippen LogP contribution in [-0.4, -0.2) is 4.57 Å². The molecule has 0 spiro atoms. The number of rotatable bonds is 7. The van der Waals surface area contributed by atoms with Crippen LogP contribution in [0.25, 0.3) is 60.9 Å². The molecule has 1 aliphatic rings. The molecule has 1 aliphatic carbocycles. The standard InChI is InChI=1S/C57H38N2O/c1-5-18-40(19-6-1)57(41-20-7-2-8-21-41)51-30-15-13-26-47(51)48-37-36-45(38-52(48)57)58(42-22-9-3-10-23-42)44-34-32-39(33-35-44)46-28-17-29-50-54-56(60-55(46)50)49-27-14-16-31-53(49)59(54)43-24-11-4-12-25-43/h1-38H. The van der Waals surface area contributed by atoms with Crippen LogP contribution < -0.4 is 4.90 Å². The number of hydrogen-bond acceptors (Lipinski definition) is 2. The first-order chi connectivity index (χ1) is 29.8. The van der Waals surface area contributed by atoms with Crippen molar-refractivity contribution in [2.45, 2.75) is 5.41 Å². The molecule has 11 aromatic rings. The zero-order valence-electron chi connectivity index (χ0n) is 32.7. The third-order valence-corrected chi connectivity index (χ3v) is 12.5. The molecule has 282 valence electrons. The van der Waals surface area contributed by atoms with E-state index in [9.17, 15) is 0 Å². The zero-order chi connectivity index (χ0) is 39.6. The van der Waals surface area contributed by atoms with Gasteiger partial charge in [0.2, 0.25) is 0 Å². The van der Waals surface area contributed by atoms with E-state index < -0.39 is 5.41 Å². The van der Waals surface area contributed by atoms with Crippen molar-refractivity contribution < 1.29 is 4.42 Å². The van der Waals surface area contributed by atoms with Gasteiger partial charge in [-0.15, -0.1) is 0 Å². The minimum absolute atomic E-state index is 0.491. The van der Waals surface area contributed by atoms with Crippen molar-refractivity contribution in [2.24, 2.45) is 0 Å². The number of fused-ring (bicyclic) bond motifs is 8. The lowest BCUT2D eigenvalue weighted by Crippen LogP contribution is -2.28. The van der Waals surface area contributed by atoms with Gasteiger partial charge in [-0.3, -0.25) is 0 Å². The number of anilines is 3. The van der Waals surface area contributed by atoms with Gasteiger partial charge in [-0.2, -0.15) is 0 Å². The van der Waals surface area contributed by atoms with Gasteiger partial charge in [-0.1, -0.05) is 164 Å². The lowest BCUT2D eigenvalue weighted by molar-refractivity contribution is 0.674. The Bertz CT molecular complexity index is 3310. The Kier molecular flexibility index (Phi) is 7.76. The minimum atomic E-state index is -0.491. The fourth-order valence-electron chi connectivity index (χ4n) is 9.95. The molecule has 3 nitrogen and oxygen atoms in total. The molecule has 0 N–H and O–H groups in total. The van der Waals surface area contributed by atoms with E-state index in [0.29, 0.717) is 0 Å². The molecule has 0 fully saturated rings. The molecule has 2 heterocycles. The first kappa shape index (κ1) is 34.2. The molecule has 0 aliphatic heterocycles. The lowest BCUT2D eigenvalue weighted by atomic mass is 9.67. The summed E-state index contributed by atoms with van der Waals surface area (Å²) in [5.41, 5.74) is 17.7. The van der Waals surface area contributed by atoms with Crippen LogP contribution in [0.4, 0.5) is 17.1 Å². The summed E-state index contributed by atoms with van der Waals surface area (Å²) in [5.74, 6) is 0. The Morgan fingerprint density at radius 2 is 0.933 bits per heavy atom. The van der Waals surface area contributed by atoms with Crippen LogP contribution in [0.15, 0.2) is 235 Å². The molecular formula is C57H38N2O. The summed E-state index contributed by atoms with van der Waals surface area (Å²) < 4.78 is 9.23. The minimum Gasteiger partial charge on any atom is -0.453 e. The van der Waals surface area contributed by atoms with Crippen LogP contribution in [0.5, 0.6) is 0 Å². The molecule has 60 heavy (non-hydrogen) atoms. The Hall–Kier alpha value is -7.88. The maximum atomic E-state index is 6.90. The van der Waals surface area contributed by atoms with Gasteiger partial charge < -0.3 is 13.9 Å². The van der Waals surface area contributed by atoms with Gasteiger partial charge in [-0.05, 0) is 106 Å². The second kappa shape index (κ2) is 13.6. The first-order valence-corrected chi connectivity index (χ1v) is 20.6. The number of furan rings is 1. The van der Waals surface area contributed by atoms with E-state index in [-0.39, 0.29) is 0 Å². The first-order valence-electron chi connectivity index (χ1n) is 20.6. The molecule has 0 bridgehead atoms. The van der Waals surface area contributed by atoms with E-state index in [0.717, 1.165) is 66.8 Å². The Labute approximate surface area is 348 Å². The molecule has 0 atom stereocenters. The Balaban J connectivity index is 1.02. The molecular weight excluding hydrogens is 729 g/mol. The number of para-hydroxylation sites is 4. The topological polar surface area (TPSA) is 21.3 Å². The molecule has 0 saturated heterocycles. The number of aromatic nitrogens is 1. The third kappa shape index (κ3) is 5.03. The van der Waals surface area contributed by atoms with Crippen molar-refractivity contribution in [3.05, 3.63) is 253 Å². The van der Waals surface area contributed by atoms with Crippen molar-refractivity contribution in [3.63, 3.8) is 0 Å². The van der Waals surface area contributed by atoms with Crippen LogP contribution in [-0.2, 0) is 5.41 Å². The van der Waals surface area contributed by atoms with E-state index in [2.05, 4.69) is 240 Å². The van der Waals surface area contributed by atoms with Crippen molar-refractivity contribution in [1.82, 2.24) is 4.57 Å². The summed E-state index contributed by atoms with van der Waals surface area (Å²) in [5, 5.41) is 2.20. The van der Waals surface area contributed by atoms with E-state index in [1.165, 1.54) is 33.4 Å². The van der Waals surface area contributed by atoms with E-state index in [1.807, 2.05) is 0 Å². The van der Waals surface area contributed by atoms with Crippen LogP contribution >= 0.6 is 0 Å². The number of hydrogen-bond donors (Lipinski definition) is 0. The third-order valence-electron chi connectivity index (χ3n) is 12.5. The highest BCUT2D eigenvalue weighted by molar-refractivity contribution is 6.18. The summed E-state index contributed by atoms with van der Waals surface area (Å²) in [6, 6.07) is 83.2. The van der Waals surface area contributed by atoms with Crippen LogP contribution in [0.3, 0.4) is 0 Å². The van der Waals surface area contributed by atoms with Gasteiger partial charge in [-0.25, -0.2) is 0 Å². The fourth-order valence-corrected chi connectivity index (χ4v) is 9.95. The van der Waals surface area contributed by atoms with Crippen LogP contribution in [0.2, 0.25) is 0 Å². The molecule has 12 rings (SSSR count). The Morgan fingerprint density at radius 3 is 1.67 bits per heavy atom. The monoisotopic (exact) mass is 766 g/mol. The highest BCUT2D eigenvalue weighted by Gasteiger charge is 2.46. The molecule has 0 radical (unpaired) electrons. The van der Waals surface area contributed by atoms with Gasteiger partial charge in [0, 0.05) is 39.1 Å². The predicted molar refractivity (Wildman–Crippen MR) is 248 cm³/mol. The SMILES string of the molecule is c1ccc(N(c2ccc(-c3cccc4c3oc3c5ccccc5n(-c5ccccc5)c43)cc2)c2ccc3c(c2)C(c2ccccc2)(c2ccccc2)c2ccccc2-3)cc1. The van der Waals surface area contributed by atoms with Crippen molar-refractivity contribution in [2.75, 3.05) is 4.90 Å². The number of benzene rings is 9. The average molecular weight is 767 g/mol. The predicted octanol–water partition coefficient (Wildman–Crippen LogP) is 15.0. The normalized spacial score (nSPS) is 12.8. The van der Waals surface area contributed by atoms with Gasteiger partial charge >= 0.3 is 0 Å². The fraction of sp³-hybridized carbons (Fsp3) is 0.0175. The van der Waals surface area contributed by atoms with Gasteiger partial charge in [0.05, 0.1) is 10.9 Å². The maximum absolute atomic E-state index is 6.90. The summed E-state index contributed by atoms with van der Waals surface area (Å²) in [4.78, 5) is 2.38. The summed E-state index contributed by atoms with van der Waals surface area (Å²) in [7, 11) is 0. The van der Waals surface area contributed by atoms with Crippen LogP contribution in [0, 0.1) is 0 Å². The molecule has 0 unspecified atom stereocenters. The molecule has 3 heteroatoms. The molecule has 9 aromatic carbocycles. The largest absolute Gasteiger partial charge is 0.453 e. The summed E-state index contributed by atoms with van der Waals surface area (Å²) in [6.07, 6.45) is 0. The Morgan fingerprint density at radius 1 is 0.383 bits per heavy atom. The highest BCUT2D eigenvalue weighted by Crippen LogP contribution is 2.57. The second-order valence-electron chi connectivity index (χ2n) is 15.6. The van der Waals surface area contributed by atoms with Crippen molar-refractivity contribution in [3.8, 4) is 27.9 Å². The lowest BCUT2D eigenvalue weighted by Gasteiger charge is -2.35. The smallest absolute Gasteiger partial charge is 0.161 e. The van der Waals surface area contributed by atoms with Gasteiger partial charge in [0.1, 0.15) is 11.1 Å². The van der Waals surface area contributed by atoms with Gasteiger partial charge in [0.25, 0.3) is 0 Å². The number of nitrogens with zero attached hydrogens (tertiary/aromatic N) is 2. The van der Waals surface area contributed by atoms with E-state index >= 15 is 0 Å². The quantitative estimate of drug-likeness (QED) is 0.161. The van der Waals surface area contributed by atoms with E-state index in [1.54, 1.807) is 0 Å². The average Bonchev–Trinajstić information content (AvgIpc) is 3.96. The zero-order valence-corrected chi connectivity index (χ0v) is 32.7. The highest BCUT2D eigenvalue weighted by atomic mass is 16.3. The van der Waals surface area contributed by atoms with E-state index in [4.69, 9.17) is 4.42 Å². The molecule has 0 saturated carbocycles. The van der Waals surface area contributed by atoms with Gasteiger partial charge in [0.15, 0.2) is 5.58 Å². The second-order valence-corrected chi connectivity index (χ2v) is 15.6. The molecule has 0 amide bonds. The summed E-state index contributed by atoms with van der Waals surface area (Å²) >= 11 is 0. The summed E-state index contributed by atoms with van der Waals surface area (Å²) in [6.45, 7) is 0.